The first-order chi connectivity index (χ1) is 10.9. The lowest BCUT2D eigenvalue weighted by Gasteiger charge is -2.24. The summed E-state index contributed by atoms with van der Waals surface area (Å²) in [6.07, 6.45) is -0.288. The molecule has 2 saturated heterocycles. The number of thioether (sulfide) groups is 1. The Kier molecular flexibility index (Phi) is 4.49. The predicted molar refractivity (Wildman–Crippen MR) is 93.1 cm³/mol. The van der Waals surface area contributed by atoms with Gasteiger partial charge in [-0.05, 0) is 18.2 Å². The number of amidine groups is 1. The number of nitriles is 1. The van der Waals surface area contributed by atoms with Crippen molar-refractivity contribution >= 4 is 54.3 Å². The number of amides is 1. The molecule has 0 bridgehead atoms. The highest BCUT2D eigenvalue weighted by atomic mass is 79.9. The first-order valence-electron chi connectivity index (χ1n) is 6.80. The summed E-state index contributed by atoms with van der Waals surface area (Å²) in [5.74, 6) is -0.390. The zero-order valence-corrected chi connectivity index (χ0v) is 15.1. The number of hydrogen-bond donors (Lipinski definition) is 0. The minimum atomic E-state index is -3.09. The van der Waals surface area contributed by atoms with Crippen LogP contribution in [-0.4, -0.2) is 42.3 Å². The van der Waals surface area contributed by atoms with Gasteiger partial charge < -0.3 is 4.90 Å². The van der Waals surface area contributed by atoms with E-state index in [4.69, 9.17) is 5.26 Å². The summed E-state index contributed by atoms with van der Waals surface area (Å²) in [6.45, 7) is 0. The Labute approximate surface area is 146 Å². The summed E-state index contributed by atoms with van der Waals surface area (Å²) in [6, 6.07) is 8.96. The highest BCUT2D eigenvalue weighted by Crippen LogP contribution is 2.41. The Balaban J connectivity index is 2.01. The van der Waals surface area contributed by atoms with Gasteiger partial charge >= 0.3 is 0 Å². The average Bonchev–Trinajstić information content (AvgIpc) is 2.89. The van der Waals surface area contributed by atoms with Crippen LogP contribution < -0.4 is 4.90 Å². The Hall–Kier alpha value is -1.37. The molecule has 0 saturated carbocycles. The molecular weight excluding hydrogens is 402 g/mol. The molecule has 2 fully saturated rings. The molecule has 23 heavy (non-hydrogen) atoms. The van der Waals surface area contributed by atoms with E-state index in [1.165, 1.54) is 11.8 Å². The zero-order valence-electron chi connectivity index (χ0n) is 11.8. The summed E-state index contributed by atoms with van der Waals surface area (Å²) >= 11 is 4.70. The van der Waals surface area contributed by atoms with Gasteiger partial charge in [-0.15, -0.1) is 0 Å². The molecule has 6 nitrogen and oxygen atoms in total. The number of halogens is 1. The number of fused-ring (bicyclic) bond motifs is 1. The third-order valence-electron chi connectivity index (χ3n) is 3.60. The normalized spacial score (nSPS) is 27.0. The molecule has 2 atom stereocenters. The van der Waals surface area contributed by atoms with Crippen molar-refractivity contribution in [1.29, 1.82) is 5.26 Å². The first-order valence-corrected chi connectivity index (χ1v) is 10.3. The summed E-state index contributed by atoms with van der Waals surface area (Å²) in [5, 5.41) is 8.93. The van der Waals surface area contributed by atoms with Gasteiger partial charge in [0, 0.05) is 15.4 Å². The van der Waals surface area contributed by atoms with Crippen molar-refractivity contribution in [2.45, 2.75) is 17.7 Å². The van der Waals surface area contributed by atoms with E-state index in [0.29, 0.717) is 5.17 Å². The monoisotopic (exact) mass is 413 g/mol. The molecule has 1 aromatic carbocycles. The van der Waals surface area contributed by atoms with Crippen LogP contribution in [0, 0.1) is 11.3 Å². The molecule has 0 aromatic heterocycles. The molecule has 0 radical (unpaired) electrons. The Morgan fingerprint density at radius 1 is 1.48 bits per heavy atom. The maximum atomic E-state index is 11.9. The fourth-order valence-electron chi connectivity index (χ4n) is 2.71. The van der Waals surface area contributed by atoms with Crippen LogP contribution >= 0.6 is 27.7 Å². The van der Waals surface area contributed by atoms with Crippen molar-refractivity contribution in [3.63, 3.8) is 0 Å². The number of sulfone groups is 1. The number of aliphatic imine (C=N–C) groups is 1. The lowest BCUT2D eigenvalue weighted by Crippen LogP contribution is -2.37. The van der Waals surface area contributed by atoms with E-state index in [1.54, 1.807) is 11.0 Å². The fraction of sp³-hybridized carbons (Fsp3) is 0.357. The lowest BCUT2D eigenvalue weighted by atomic mass is 10.2. The van der Waals surface area contributed by atoms with E-state index < -0.39 is 15.7 Å². The molecular formula is C14H12BrN3O3S2. The van der Waals surface area contributed by atoms with Crippen LogP contribution in [0.4, 0.5) is 5.69 Å². The predicted octanol–water partition coefficient (Wildman–Crippen LogP) is 1.96. The van der Waals surface area contributed by atoms with Crippen molar-refractivity contribution in [2.24, 2.45) is 4.99 Å². The van der Waals surface area contributed by atoms with Gasteiger partial charge in [-0.2, -0.15) is 10.3 Å². The summed E-state index contributed by atoms with van der Waals surface area (Å²) < 4.78 is 24.7. The van der Waals surface area contributed by atoms with Crippen LogP contribution in [0.1, 0.15) is 6.42 Å². The van der Waals surface area contributed by atoms with Gasteiger partial charge in [0.25, 0.3) is 5.91 Å². The van der Waals surface area contributed by atoms with Gasteiger partial charge in [-0.25, -0.2) is 8.42 Å². The molecule has 3 rings (SSSR count). The van der Waals surface area contributed by atoms with E-state index in [2.05, 4.69) is 20.9 Å². The van der Waals surface area contributed by atoms with Crippen LogP contribution in [0.5, 0.6) is 0 Å². The lowest BCUT2D eigenvalue weighted by molar-refractivity contribution is -0.116. The second-order valence-electron chi connectivity index (χ2n) is 5.27. The molecule has 1 amide bonds. The van der Waals surface area contributed by atoms with Gasteiger partial charge in [0.2, 0.25) is 0 Å². The molecule has 2 aliphatic heterocycles. The van der Waals surface area contributed by atoms with Crippen LogP contribution in [0.2, 0.25) is 0 Å². The van der Waals surface area contributed by atoms with Crippen molar-refractivity contribution in [3.05, 3.63) is 28.7 Å². The fourth-order valence-corrected chi connectivity index (χ4v) is 7.02. The third-order valence-corrected chi connectivity index (χ3v) is 7.31. The number of anilines is 1. The average molecular weight is 414 g/mol. The van der Waals surface area contributed by atoms with E-state index in [0.717, 1.165) is 10.2 Å². The molecule has 2 aliphatic rings. The van der Waals surface area contributed by atoms with Gasteiger partial charge in [0.1, 0.15) is 6.42 Å². The minimum Gasteiger partial charge on any atom is -0.316 e. The number of hydrogen-bond acceptors (Lipinski definition) is 5. The second-order valence-corrected chi connectivity index (χ2v) is 9.55. The number of carbonyl (C=O) groups excluding carboxylic acids is 1. The summed E-state index contributed by atoms with van der Waals surface area (Å²) in [5.41, 5.74) is 0.778. The topological polar surface area (TPSA) is 90.6 Å². The first kappa shape index (κ1) is 16.5. The highest BCUT2D eigenvalue weighted by Gasteiger charge is 2.49. The van der Waals surface area contributed by atoms with Crippen LogP contribution in [0.3, 0.4) is 0 Å². The summed E-state index contributed by atoms with van der Waals surface area (Å²) in [4.78, 5) is 17.5. The molecule has 9 heteroatoms. The van der Waals surface area contributed by atoms with Crippen LogP contribution in [0.15, 0.2) is 33.7 Å². The number of benzene rings is 1. The maximum absolute atomic E-state index is 11.9. The number of nitrogens with zero attached hydrogens (tertiary/aromatic N) is 3. The van der Waals surface area contributed by atoms with Crippen molar-refractivity contribution in [2.75, 3.05) is 16.4 Å². The molecule has 2 heterocycles. The van der Waals surface area contributed by atoms with Gasteiger partial charge in [0.15, 0.2) is 15.0 Å². The maximum Gasteiger partial charge on any atom is 0.262 e. The zero-order chi connectivity index (χ0) is 16.6. The molecule has 0 spiro atoms. The van der Waals surface area contributed by atoms with E-state index in [-0.39, 0.29) is 29.2 Å². The van der Waals surface area contributed by atoms with Gasteiger partial charge in [-0.3, -0.25) is 4.79 Å². The molecule has 0 unspecified atom stereocenters. The largest absolute Gasteiger partial charge is 0.316 e. The highest BCUT2D eigenvalue weighted by molar-refractivity contribution is 9.10. The Bertz CT molecular complexity index is 832. The van der Waals surface area contributed by atoms with Crippen molar-refractivity contribution < 1.29 is 13.2 Å². The van der Waals surface area contributed by atoms with Gasteiger partial charge in [-0.1, -0.05) is 33.8 Å². The van der Waals surface area contributed by atoms with E-state index in [1.807, 2.05) is 24.3 Å². The SMILES string of the molecule is N#CCC(=O)N=C1S[C@H]2CS(=O)(=O)C[C@H]2N1c1cccc(Br)c1. The van der Waals surface area contributed by atoms with Crippen molar-refractivity contribution in [3.8, 4) is 6.07 Å². The minimum absolute atomic E-state index is 0.0443. The summed E-state index contributed by atoms with van der Waals surface area (Å²) in [7, 11) is -3.09. The standard InChI is InChI=1S/C14H12BrN3O3S2/c15-9-2-1-3-10(6-9)18-11-7-23(20,21)8-12(11)22-14(18)17-13(19)4-5-16/h1-3,6,11-12H,4,7-8H2/t11-,12+/m1/s1. The van der Waals surface area contributed by atoms with Crippen molar-refractivity contribution in [1.82, 2.24) is 0 Å². The Morgan fingerprint density at radius 3 is 2.96 bits per heavy atom. The smallest absolute Gasteiger partial charge is 0.262 e. The molecule has 120 valence electrons. The van der Waals surface area contributed by atoms with Gasteiger partial charge in [0.05, 0.1) is 23.6 Å². The molecule has 0 aliphatic carbocycles. The third kappa shape index (κ3) is 3.44. The quantitative estimate of drug-likeness (QED) is 0.735. The molecule has 1 aromatic rings. The van der Waals surface area contributed by atoms with E-state index >= 15 is 0 Å². The molecule has 0 N–H and O–H groups in total. The number of carbonyl (C=O) groups is 1. The number of rotatable bonds is 2. The van der Waals surface area contributed by atoms with E-state index in [9.17, 15) is 13.2 Å². The Morgan fingerprint density at radius 2 is 2.26 bits per heavy atom. The second kappa shape index (κ2) is 6.26. The van der Waals surface area contributed by atoms with Crippen LogP contribution in [0.25, 0.3) is 0 Å². The van der Waals surface area contributed by atoms with Crippen LogP contribution in [-0.2, 0) is 14.6 Å².